The van der Waals surface area contributed by atoms with Crippen molar-refractivity contribution in [1.82, 2.24) is 5.32 Å². The Morgan fingerprint density at radius 1 is 1.35 bits per heavy atom. The first kappa shape index (κ1) is 14.5. The lowest BCUT2D eigenvalue weighted by Crippen LogP contribution is -2.41. The average molecular weight is 287 g/mol. The lowest BCUT2D eigenvalue weighted by atomic mass is 10.2. The second kappa shape index (κ2) is 6.02. The van der Waals surface area contributed by atoms with Gasteiger partial charge in [-0.1, -0.05) is 12.1 Å². The maximum atomic E-state index is 12.1. The number of nitrogens with zero attached hydrogens (tertiary/aromatic N) is 1. The molecule has 0 saturated carbocycles. The fourth-order valence-electron chi connectivity index (χ4n) is 2.10. The van der Waals surface area contributed by atoms with Gasteiger partial charge < -0.3 is 15.5 Å². The summed E-state index contributed by atoms with van der Waals surface area (Å²) < 4.78 is 36.2. The van der Waals surface area contributed by atoms with E-state index in [1.165, 1.54) is 0 Å². The Balaban J connectivity index is 2.00. The topological polar surface area (TPSA) is 44.4 Å². The van der Waals surface area contributed by atoms with E-state index in [2.05, 4.69) is 5.32 Å². The Morgan fingerprint density at radius 2 is 2.10 bits per heavy atom. The second-order valence-electron chi connectivity index (χ2n) is 4.61. The molecule has 20 heavy (non-hydrogen) atoms. The number of anilines is 2. The molecular formula is C13H16F3N3O. The minimum atomic E-state index is -4.38. The summed E-state index contributed by atoms with van der Waals surface area (Å²) in [6.45, 7) is 0.0372. The summed E-state index contributed by atoms with van der Waals surface area (Å²) in [6.07, 6.45) is -3.56. The van der Waals surface area contributed by atoms with E-state index in [1.807, 2.05) is 29.6 Å². The maximum Gasteiger partial charge on any atom is 0.405 e. The van der Waals surface area contributed by atoms with Gasteiger partial charge in [-0.3, -0.25) is 4.79 Å². The highest BCUT2D eigenvalue weighted by Gasteiger charge is 2.28. The second-order valence-corrected chi connectivity index (χ2v) is 4.61. The summed E-state index contributed by atoms with van der Waals surface area (Å²) in [5.41, 5.74) is 1.74. The van der Waals surface area contributed by atoms with Gasteiger partial charge in [-0.25, -0.2) is 0 Å². The molecule has 7 heteroatoms. The number of alkyl halides is 3. The zero-order valence-electron chi connectivity index (χ0n) is 10.8. The number of para-hydroxylation sites is 2. The van der Waals surface area contributed by atoms with Crippen molar-refractivity contribution in [3.8, 4) is 0 Å². The molecular weight excluding hydrogens is 271 g/mol. The van der Waals surface area contributed by atoms with Gasteiger partial charge in [0.15, 0.2) is 0 Å². The largest absolute Gasteiger partial charge is 0.405 e. The van der Waals surface area contributed by atoms with E-state index in [4.69, 9.17) is 0 Å². The van der Waals surface area contributed by atoms with E-state index in [-0.39, 0.29) is 6.54 Å². The molecule has 2 N–H and O–H groups in total. The highest BCUT2D eigenvalue weighted by atomic mass is 19.4. The number of carbonyl (C=O) groups excluding carboxylic acids is 1. The van der Waals surface area contributed by atoms with Crippen molar-refractivity contribution >= 4 is 17.3 Å². The van der Waals surface area contributed by atoms with Crippen LogP contribution in [0.25, 0.3) is 0 Å². The van der Waals surface area contributed by atoms with Gasteiger partial charge in [0.2, 0.25) is 5.91 Å². The van der Waals surface area contributed by atoms with Crippen molar-refractivity contribution in [2.45, 2.75) is 12.6 Å². The lowest BCUT2D eigenvalue weighted by molar-refractivity contribution is -0.137. The number of benzene rings is 1. The molecule has 0 fully saturated rings. The third-order valence-electron chi connectivity index (χ3n) is 2.99. The van der Waals surface area contributed by atoms with Gasteiger partial charge in [0.1, 0.15) is 6.54 Å². The molecule has 0 bridgehead atoms. The van der Waals surface area contributed by atoms with E-state index in [1.54, 1.807) is 4.90 Å². The van der Waals surface area contributed by atoms with Crippen LogP contribution in [0.4, 0.5) is 24.5 Å². The van der Waals surface area contributed by atoms with E-state index < -0.39 is 18.6 Å². The van der Waals surface area contributed by atoms with E-state index in [0.29, 0.717) is 6.54 Å². The summed E-state index contributed by atoms with van der Waals surface area (Å²) in [5.74, 6) is -0.626. The van der Waals surface area contributed by atoms with Gasteiger partial charge in [-0.2, -0.15) is 13.2 Å². The number of halogens is 3. The number of hydrogen-bond donors (Lipinski definition) is 2. The SMILES string of the molecule is O=C(CN1CCCNc2ccccc21)NCC(F)(F)F. The molecule has 0 spiro atoms. The first-order valence-electron chi connectivity index (χ1n) is 6.37. The van der Waals surface area contributed by atoms with Gasteiger partial charge >= 0.3 is 6.18 Å². The third kappa shape index (κ3) is 4.04. The van der Waals surface area contributed by atoms with Crippen molar-refractivity contribution < 1.29 is 18.0 Å². The fraction of sp³-hybridized carbons (Fsp3) is 0.462. The van der Waals surface area contributed by atoms with Gasteiger partial charge in [0.05, 0.1) is 17.9 Å². The molecule has 0 radical (unpaired) electrons. The summed E-state index contributed by atoms with van der Waals surface area (Å²) in [5, 5.41) is 5.13. The molecule has 110 valence electrons. The van der Waals surface area contributed by atoms with Gasteiger partial charge in [0, 0.05) is 13.1 Å². The monoisotopic (exact) mass is 287 g/mol. The van der Waals surface area contributed by atoms with Crippen molar-refractivity contribution in [2.24, 2.45) is 0 Å². The van der Waals surface area contributed by atoms with Gasteiger partial charge in [-0.05, 0) is 18.6 Å². The highest BCUT2D eigenvalue weighted by molar-refractivity contribution is 5.83. The Morgan fingerprint density at radius 3 is 2.85 bits per heavy atom. The highest BCUT2D eigenvalue weighted by Crippen LogP contribution is 2.27. The van der Waals surface area contributed by atoms with Crippen LogP contribution >= 0.6 is 0 Å². The molecule has 0 unspecified atom stereocenters. The van der Waals surface area contributed by atoms with E-state index >= 15 is 0 Å². The fourth-order valence-corrected chi connectivity index (χ4v) is 2.10. The molecule has 4 nitrogen and oxygen atoms in total. The molecule has 1 aromatic carbocycles. The zero-order chi connectivity index (χ0) is 14.6. The van der Waals surface area contributed by atoms with Crippen LogP contribution in [0.2, 0.25) is 0 Å². The van der Waals surface area contributed by atoms with Crippen LogP contribution in [-0.2, 0) is 4.79 Å². The number of fused-ring (bicyclic) bond motifs is 1. The van der Waals surface area contributed by atoms with E-state index in [9.17, 15) is 18.0 Å². The Labute approximate surface area is 114 Å². The number of carbonyl (C=O) groups is 1. The lowest BCUT2D eigenvalue weighted by Gasteiger charge is -2.23. The Bertz CT molecular complexity index is 476. The van der Waals surface area contributed by atoms with Crippen LogP contribution in [0.3, 0.4) is 0 Å². The smallest absolute Gasteiger partial charge is 0.383 e. The molecule has 1 aliphatic heterocycles. The molecule has 1 amide bonds. The molecule has 0 aliphatic carbocycles. The Hall–Kier alpha value is -1.92. The number of rotatable bonds is 3. The first-order chi connectivity index (χ1) is 9.46. The molecule has 2 rings (SSSR count). The predicted octanol–water partition coefficient (Wildman–Crippen LogP) is 1.99. The van der Waals surface area contributed by atoms with Crippen LogP contribution in [-0.4, -0.2) is 38.3 Å². The molecule has 1 aliphatic rings. The average Bonchev–Trinajstić information content (AvgIpc) is 2.59. The predicted molar refractivity (Wildman–Crippen MR) is 70.8 cm³/mol. The molecule has 0 aromatic heterocycles. The minimum Gasteiger partial charge on any atom is -0.383 e. The Kier molecular flexibility index (Phi) is 4.36. The molecule has 1 aromatic rings. The number of amides is 1. The standard InChI is InChI=1S/C13H16F3N3O/c14-13(15,16)9-18-12(20)8-19-7-3-6-17-10-4-1-2-5-11(10)19/h1-2,4-5,17H,3,6-9H2,(H,18,20). The van der Waals surface area contributed by atoms with Crippen molar-refractivity contribution in [2.75, 3.05) is 36.4 Å². The number of nitrogens with one attached hydrogen (secondary N) is 2. The van der Waals surface area contributed by atoms with Crippen molar-refractivity contribution in [1.29, 1.82) is 0 Å². The van der Waals surface area contributed by atoms with Crippen LogP contribution in [0.15, 0.2) is 24.3 Å². The normalized spacial score (nSPS) is 15.1. The summed E-state index contributed by atoms with van der Waals surface area (Å²) >= 11 is 0. The van der Waals surface area contributed by atoms with Crippen molar-refractivity contribution in [3.05, 3.63) is 24.3 Å². The van der Waals surface area contributed by atoms with Gasteiger partial charge in [0.25, 0.3) is 0 Å². The summed E-state index contributed by atoms with van der Waals surface area (Å²) in [6, 6.07) is 7.46. The number of hydrogen-bond acceptors (Lipinski definition) is 3. The van der Waals surface area contributed by atoms with Crippen LogP contribution < -0.4 is 15.5 Å². The van der Waals surface area contributed by atoms with Crippen LogP contribution in [0.1, 0.15) is 6.42 Å². The van der Waals surface area contributed by atoms with Crippen molar-refractivity contribution in [3.63, 3.8) is 0 Å². The first-order valence-corrected chi connectivity index (χ1v) is 6.37. The van der Waals surface area contributed by atoms with E-state index in [0.717, 1.165) is 24.3 Å². The van der Waals surface area contributed by atoms with Gasteiger partial charge in [-0.15, -0.1) is 0 Å². The molecule has 0 saturated heterocycles. The molecule has 0 atom stereocenters. The quantitative estimate of drug-likeness (QED) is 0.893. The summed E-state index contributed by atoms with van der Waals surface area (Å²) in [4.78, 5) is 13.4. The maximum absolute atomic E-state index is 12.1. The zero-order valence-corrected chi connectivity index (χ0v) is 10.8. The summed E-state index contributed by atoms with van der Waals surface area (Å²) in [7, 11) is 0. The van der Waals surface area contributed by atoms with Crippen LogP contribution in [0.5, 0.6) is 0 Å². The van der Waals surface area contributed by atoms with Crippen LogP contribution in [0, 0.1) is 0 Å². The molecule has 1 heterocycles. The minimum absolute atomic E-state index is 0.0746. The third-order valence-corrected chi connectivity index (χ3v) is 2.99.